The summed E-state index contributed by atoms with van der Waals surface area (Å²) in [5, 5.41) is 2.45. The van der Waals surface area contributed by atoms with Gasteiger partial charge >= 0.3 is 0 Å². The van der Waals surface area contributed by atoms with E-state index in [0.29, 0.717) is 0 Å². The van der Waals surface area contributed by atoms with Gasteiger partial charge in [0.2, 0.25) is 5.91 Å². The lowest BCUT2D eigenvalue weighted by Gasteiger charge is -2.05. The summed E-state index contributed by atoms with van der Waals surface area (Å²) in [5.41, 5.74) is 0.189. The minimum absolute atomic E-state index is 0.0879. The molecule has 0 spiro atoms. The fourth-order valence-electron chi connectivity index (χ4n) is 1.45. The lowest BCUT2D eigenvalue weighted by Crippen LogP contribution is -2.14. The Kier molecular flexibility index (Phi) is 4.68. The van der Waals surface area contributed by atoms with Crippen LogP contribution in [-0.2, 0) is 4.79 Å². The normalized spacial score (nSPS) is 10.3. The van der Waals surface area contributed by atoms with Crippen molar-refractivity contribution in [2.75, 3.05) is 11.1 Å². The van der Waals surface area contributed by atoms with Crippen molar-refractivity contribution in [2.24, 2.45) is 0 Å². The molecule has 2 aromatic rings. The Balaban J connectivity index is 1.89. The Hall–Kier alpha value is -1.95. The van der Waals surface area contributed by atoms with E-state index in [4.69, 9.17) is 0 Å². The van der Waals surface area contributed by atoms with Crippen LogP contribution < -0.4 is 5.32 Å². The Labute approximate surface area is 118 Å². The van der Waals surface area contributed by atoms with E-state index in [1.807, 2.05) is 0 Å². The average molecular weight is 297 g/mol. The maximum Gasteiger partial charge on any atom is 0.234 e. The summed E-state index contributed by atoms with van der Waals surface area (Å²) < 4.78 is 38.4. The Morgan fingerprint density at radius 3 is 2.35 bits per heavy atom. The van der Waals surface area contributed by atoms with Crippen molar-refractivity contribution in [1.82, 2.24) is 0 Å². The third-order valence-electron chi connectivity index (χ3n) is 2.39. The highest BCUT2D eigenvalue weighted by Crippen LogP contribution is 2.19. The maximum absolute atomic E-state index is 13.0. The van der Waals surface area contributed by atoms with Gasteiger partial charge in [-0.2, -0.15) is 0 Å². The molecule has 0 heterocycles. The minimum Gasteiger partial charge on any atom is -0.325 e. The van der Waals surface area contributed by atoms with Gasteiger partial charge in [0.05, 0.1) is 5.75 Å². The van der Waals surface area contributed by atoms with Crippen molar-refractivity contribution in [3.8, 4) is 0 Å². The predicted octanol–water partition coefficient (Wildman–Crippen LogP) is 3.83. The van der Waals surface area contributed by atoms with Crippen LogP contribution in [0.5, 0.6) is 0 Å². The standard InChI is InChI=1S/C14H10F3NOS/c15-9-1-4-11(5-2-9)20-8-14(19)18-10-3-6-12(16)13(17)7-10/h1-7H,8H2,(H,18,19). The molecule has 20 heavy (non-hydrogen) atoms. The number of carbonyl (C=O) groups is 1. The number of amides is 1. The van der Waals surface area contributed by atoms with Crippen molar-refractivity contribution in [1.29, 1.82) is 0 Å². The van der Waals surface area contributed by atoms with Crippen LogP contribution in [0.3, 0.4) is 0 Å². The van der Waals surface area contributed by atoms with Gasteiger partial charge < -0.3 is 5.32 Å². The molecule has 0 unspecified atom stereocenters. The predicted molar refractivity (Wildman–Crippen MR) is 72.1 cm³/mol. The summed E-state index contributed by atoms with van der Waals surface area (Å²) >= 11 is 1.22. The summed E-state index contributed by atoms with van der Waals surface area (Å²) in [7, 11) is 0. The van der Waals surface area contributed by atoms with Gasteiger partial charge in [-0.3, -0.25) is 4.79 Å². The topological polar surface area (TPSA) is 29.1 Å². The number of halogens is 3. The average Bonchev–Trinajstić information content (AvgIpc) is 2.42. The molecule has 2 nitrogen and oxygen atoms in total. The van der Waals surface area contributed by atoms with Crippen LogP contribution >= 0.6 is 11.8 Å². The molecule has 1 amide bonds. The molecule has 0 atom stereocenters. The van der Waals surface area contributed by atoms with E-state index in [1.54, 1.807) is 12.1 Å². The summed E-state index contributed by atoms with van der Waals surface area (Å²) in [6.07, 6.45) is 0. The van der Waals surface area contributed by atoms with Gasteiger partial charge in [-0.1, -0.05) is 0 Å². The van der Waals surface area contributed by atoms with Crippen molar-refractivity contribution in [2.45, 2.75) is 4.90 Å². The smallest absolute Gasteiger partial charge is 0.234 e. The molecule has 0 aromatic heterocycles. The van der Waals surface area contributed by atoms with Gasteiger partial charge in [0, 0.05) is 16.6 Å². The van der Waals surface area contributed by atoms with E-state index in [0.717, 1.165) is 17.0 Å². The van der Waals surface area contributed by atoms with E-state index in [1.165, 1.54) is 30.0 Å². The highest BCUT2D eigenvalue weighted by Gasteiger charge is 2.07. The number of rotatable bonds is 4. The van der Waals surface area contributed by atoms with Gasteiger partial charge in [-0.05, 0) is 36.4 Å². The van der Waals surface area contributed by atoms with E-state index in [9.17, 15) is 18.0 Å². The molecule has 0 saturated heterocycles. The summed E-state index contributed by atoms with van der Waals surface area (Å²) in [5.74, 6) is -2.60. The van der Waals surface area contributed by atoms with Gasteiger partial charge in [0.1, 0.15) is 5.82 Å². The molecular formula is C14H10F3NOS. The second-order valence-electron chi connectivity index (χ2n) is 3.92. The Morgan fingerprint density at radius 2 is 1.70 bits per heavy atom. The Bertz CT molecular complexity index is 616. The van der Waals surface area contributed by atoms with Crippen LogP contribution in [0.25, 0.3) is 0 Å². The number of anilines is 1. The largest absolute Gasteiger partial charge is 0.325 e. The molecule has 0 aliphatic carbocycles. The zero-order valence-corrected chi connectivity index (χ0v) is 11.0. The van der Waals surface area contributed by atoms with E-state index < -0.39 is 11.6 Å². The highest BCUT2D eigenvalue weighted by molar-refractivity contribution is 8.00. The van der Waals surface area contributed by atoms with Gasteiger partial charge in [0.25, 0.3) is 0 Å². The number of hydrogen-bond donors (Lipinski definition) is 1. The number of hydrogen-bond acceptors (Lipinski definition) is 2. The zero-order chi connectivity index (χ0) is 14.5. The van der Waals surface area contributed by atoms with E-state index >= 15 is 0 Å². The van der Waals surface area contributed by atoms with Crippen LogP contribution in [0, 0.1) is 17.5 Å². The molecular weight excluding hydrogens is 287 g/mol. The van der Waals surface area contributed by atoms with Crippen LogP contribution in [-0.4, -0.2) is 11.7 Å². The molecule has 0 radical (unpaired) electrons. The zero-order valence-electron chi connectivity index (χ0n) is 10.2. The van der Waals surface area contributed by atoms with Crippen LogP contribution in [0.1, 0.15) is 0 Å². The molecule has 0 saturated carbocycles. The third kappa shape index (κ3) is 4.03. The summed E-state index contributed by atoms with van der Waals surface area (Å²) in [6, 6.07) is 8.85. The fraction of sp³-hybridized carbons (Fsp3) is 0.0714. The summed E-state index contributed by atoms with van der Waals surface area (Å²) in [4.78, 5) is 12.4. The lowest BCUT2D eigenvalue weighted by atomic mass is 10.3. The molecule has 0 bridgehead atoms. The van der Waals surface area contributed by atoms with Crippen LogP contribution in [0.2, 0.25) is 0 Å². The van der Waals surface area contributed by atoms with Crippen molar-refractivity contribution in [3.63, 3.8) is 0 Å². The van der Waals surface area contributed by atoms with Gasteiger partial charge in [0.15, 0.2) is 11.6 Å². The number of thioether (sulfide) groups is 1. The second-order valence-corrected chi connectivity index (χ2v) is 4.97. The lowest BCUT2D eigenvalue weighted by molar-refractivity contribution is -0.113. The van der Waals surface area contributed by atoms with Crippen LogP contribution in [0.4, 0.5) is 18.9 Å². The molecule has 1 N–H and O–H groups in total. The quantitative estimate of drug-likeness (QED) is 0.869. The van der Waals surface area contributed by atoms with E-state index in [2.05, 4.69) is 5.32 Å². The first kappa shape index (κ1) is 14.5. The third-order valence-corrected chi connectivity index (χ3v) is 3.40. The molecule has 104 valence electrons. The molecule has 2 aromatic carbocycles. The first-order valence-corrected chi connectivity index (χ1v) is 6.66. The maximum atomic E-state index is 13.0. The SMILES string of the molecule is O=C(CSc1ccc(F)cc1)Nc1ccc(F)c(F)c1. The molecule has 0 fully saturated rings. The number of carbonyl (C=O) groups excluding carboxylic acids is 1. The van der Waals surface area contributed by atoms with Crippen molar-refractivity contribution >= 4 is 23.4 Å². The summed E-state index contributed by atoms with van der Waals surface area (Å²) in [6.45, 7) is 0. The van der Waals surface area contributed by atoms with Crippen molar-refractivity contribution < 1.29 is 18.0 Å². The Morgan fingerprint density at radius 1 is 1.00 bits per heavy atom. The molecule has 2 rings (SSSR count). The monoisotopic (exact) mass is 297 g/mol. The number of nitrogens with one attached hydrogen (secondary N) is 1. The highest BCUT2D eigenvalue weighted by atomic mass is 32.2. The van der Waals surface area contributed by atoms with Gasteiger partial charge in [-0.15, -0.1) is 11.8 Å². The number of benzene rings is 2. The molecule has 0 aliphatic heterocycles. The van der Waals surface area contributed by atoms with E-state index in [-0.39, 0.29) is 23.2 Å². The molecule has 6 heteroatoms. The first-order chi connectivity index (χ1) is 9.54. The minimum atomic E-state index is -1.02. The molecule has 0 aliphatic rings. The van der Waals surface area contributed by atoms with Crippen molar-refractivity contribution in [3.05, 3.63) is 59.9 Å². The van der Waals surface area contributed by atoms with Gasteiger partial charge in [-0.25, -0.2) is 13.2 Å². The first-order valence-electron chi connectivity index (χ1n) is 5.68. The fourth-order valence-corrected chi connectivity index (χ4v) is 2.15. The van der Waals surface area contributed by atoms with Crippen LogP contribution in [0.15, 0.2) is 47.4 Å². The second kappa shape index (κ2) is 6.47.